The first-order chi connectivity index (χ1) is 3.72. The van der Waals surface area contributed by atoms with E-state index in [9.17, 15) is 0 Å². The summed E-state index contributed by atoms with van der Waals surface area (Å²) in [5.74, 6) is 0. The van der Waals surface area contributed by atoms with Gasteiger partial charge in [0.1, 0.15) is 0 Å². The van der Waals surface area contributed by atoms with Gasteiger partial charge in [-0.25, -0.2) is 0 Å². The number of hydrogen-bond donors (Lipinski definition) is 0. The van der Waals surface area contributed by atoms with Crippen molar-refractivity contribution in [3.05, 3.63) is 7.05 Å². The largest absolute Gasteiger partial charge is 0.297 e. The van der Waals surface area contributed by atoms with Crippen LogP contribution in [0.2, 0.25) is 0 Å². The molecular weight excluding hydrogens is 98.1 g/mol. The van der Waals surface area contributed by atoms with Gasteiger partial charge in [-0.3, -0.25) is 4.90 Å². The third-order valence-corrected chi connectivity index (χ3v) is 2.13. The Bertz CT molecular complexity index is 70.5. The van der Waals surface area contributed by atoms with Crippen molar-refractivity contribution in [2.75, 3.05) is 0 Å². The van der Waals surface area contributed by atoms with Crippen LogP contribution in [0.3, 0.4) is 0 Å². The van der Waals surface area contributed by atoms with Gasteiger partial charge in [0.2, 0.25) is 0 Å². The highest BCUT2D eigenvalue weighted by Crippen LogP contribution is 2.21. The van der Waals surface area contributed by atoms with E-state index >= 15 is 0 Å². The van der Waals surface area contributed by atoms with Gasteiger partial charge < -0.3 is 0 Å². The lowest BCUT2D eigenvalue weighted by Crippen LogP contribution is -2.25. The molecule has 1 nitrogen and oxygen atoms in total. The second kappa shape index (κ2) is 2.06. The monoisotopic (exact) mass is 112 g/mol. The number of rotatable bonds is 0. The molecule has 0 N–H and O–H groups in total. The Kier molecular flexibility index (Phi) is 1.57. The highest BCUT2D eigenvalue weighted by atomic mass is 15.2. The van der Waals surface area contributed by atoms with Crippen LogP contribution in [0.25, 0.3) is 0 Å². The average molecular weight is 112 g/mol. The molecule has 0 saturated carbocycles. The third-order valence-electron chi connectivity index (χ3n) is 2.13. The maximum absolute atomic E-state index is 3.93. The van der Waals surface area contributed by atoms with Crippen LogP contribution in [0.15, 0.2) is 0 Å². The lowest BCUT2D eigenvalue weighted by molar-refractivity contribution is 0.300. The van der Waals surface area contributed by atoms with E-state index in [2.05, 4.69) is 25.8 Å². The van der Waals surface area contributed by atoms with Gasteiger partial charge in [-0.15, -0.1) is 0 Å². The highest BCUT2D eigenvalue weighted by Gasteiger charge is 2.22. The van der Waals surface area contributed by atoms with Crippen molar-refractivity contribution in [2.45, 2.75) is 38.8 Å². The molecule has 2 unspecified atom stereocenters. The van der Waals surface area contributed by atoms with Crippen LogP contribution in [0.4, 0.5) is 0 Å². The zero-order chi connectivity index (χ0) is 6.15. The van der Waals surface area contributed by atoms with Crippen molar-refractivity contribution in [3.8, 4) is 0 Å². The molecule has 0 aromatic heterocycles. The highest BCUT2D eigenvalue weighted by molar-refractivity contribution is 4.80. The fraction of sp³-hybridized carbons (Fsp3) is 0.857. The summed E-state index contributed by atoms with van der Waals surface area (Å²) in [6.07, 6.45) is 2.65. The molecule has 0 spiro atoms. The van der Waals surface area contributed by atoms with E-state index in [0.29, 0.717) is 12.1 Å². The Hall–Kier alpha value is -0.0400. The quantitative estimate of drug-likeness (QED) is 0.460. The molecule has 47 valence electrons. The van der Waals surface area contributed by atoms with E-state index in [-0.39, 0.29) is 0 Å². The molecule has 8 heavy (non-hydrogen) atoms. The average Bonchev–Trinajstić information content (AvgIpc) is 1.98. The summed E-state index contributed by atoms with van der Waals surface area (Å²) in [6.45, 7) is 4.47. The first kappa shape index (κ1) is 6.09. The molecule has 2 atom stereocenters. The zero-order valence-electron chi connectivity index (χ0n) is 5.72. The molecule has 1 heterocycles. The molecule has 1 aliphatic heterocycles. The van der Waals surface area contributed by atoms with E-state index in [0.717, 1.165) is 0 Å². The fourth-order valence-corrected chi connectivity index (χ4v) is 1.25. The van der Waals surface area contributed by atoms with Crippen LogP contribution in [0.1, 0.15) is 26.7 Å². The minimum absolute atomic E-state index is 0.713. The van der Waals surface area contributed by atoms with E-state index in [4.69, 9.17) is 0 Å². The van der Waals surface area contributed by atoms with Gasteiger partial charge >= 0.3 is 0 Å². The Morgan fingerprint density at radius 1 is 1.25 bits per heavy atom. The minimum Gasteiger partial charge on any atom is -0.297 e. The van der Waals surface area contributed by atoms with E-state index in [1.807, 2.05) is 0 Å². The second-order valence-electron chi connectivity index (χ2n) is 2.79. The minimum atomic E-state index is 0.713. The molecule has 0 bridgehead atoms. The van der Waals surface area contributed by atoms with Crippen molar-refractivity contribution >= 4 is 0 Å². The maximum Gasteiger partial charge on any atom is 0.0115 e. The molecule has 1 aliphatic rings. The van der Waals surface area contributed by atoms with Crippen molar-refractivity contribution in [3.63, 3.8) is 0 Å². The van der Waals surface area contributed by atoms with Crippen LogP contribution in [-0.4, -0.2) is 17.0 Å². The summed E-state index contributed by atoms with van der Waals surface area (Å²) >= 11 is 0. The van der Waals surface area contributed by atoms with E-state index < -0.39 is 0 Å². The lowest BCUT2D eigenvalue weighted by Gasteiger charge is -2.18. The van der Waals surface area contributed by atoms with Crippen molar-refractivity contribution in [1.29, 1.82) is 0 Å². The smallest absolute Gasteiger partial charge is 0.0115 e. The number of nitrogens with zero attached hydrogens (tertiary/aromatic N) is 1. The summed E-state index contributed by atoms with van der Waals surface area (Å²) in [4.78, 5) is 2.19. The first-order valence-electron chi connectivity index (χ1n) is 3.30. The molecule has 1 rings (SSSR count). The van der Waals surface area contributed by atoms with Gasteiger partial charge in [0.05, 0.1) is 0 Å². The van der Waals surface area contributed by atoms with Gasteiger partial charge in [-0.2, -0.15) is 0 Å². The van der Waals surface area contributed by atoms with Gasteiger partial charge in [0, 0.05) is 19.1 Å². The maximum atomic E-state index is 3.93. The van der Waals surface area contributed by atoms with Gasteiger partial charge in [0.15, 0.2) is 0 Å². The predicted octanol–water partition coefficient (Wildman–Crippen LogP) is 1.65. The second-order valence-corrected chi connectivity index (χ2v) is 2.79. The lowest BCUT2D eigenvalue weighted by atomic mass is 10.2. The van der Waals surface area contributed by atoms with Crippen LogP contribution < -0.4 is 0 Å². The van der Waals surface area contributed by atoms with Gasteiger partial charge in [-0.05, 0) is 26.7 Å². The molecule has 1 radical (unpaired) electrons. The van der Waals surface area contributed by atoms with E-state index in [1.54, 1.807) is 0 Å². The molecule has 1 fully saturated rings. The fourth-order valence-electron chi connectivity index (χ4n) is 1.25. The summed E-state index contributed by atoms with van der Waals surface area (Å²) in [6, 6.07) is 1.43. The van der Waals surface area contributed by atoms with Crippen molar-refractivity contribution < 1.29 is 0 Å². The summed E-state index contributed by atoms with van der Waals surface area (Å²) in [5, 5.41) is 0. The molecule has 0 aromatic rings. The molecule has 1 saturated heterocycles. The Morgan fingerprint density at radius 3 is 1.75 bits per heavy atom. The summed E-state index contributed by atoms with van der Waals surface area (Å²) in [5.41, 5.74) is 0. The standard InChI is InChI=1S/C7H14N/c1-6-4-5-7(2)8(6)3/h6-7H,3-5H2,1-2H3. The Balaban J connectivity index is 2.44. The van der Waals surface area contributed by atoms with Crippen LogP contribution in [0.5, 0.6) is 0 Å². The molecule has 0 amide bonds. The molecule has 1 heteroatoms. The first-order valence-corrected chi connectivity index (χ1v) is 3.30. The van der Waals surface area contributed by atoms with Crippen LogP contribution in [0, 0.1) is 7.05 Å². The summed E-state index contributed by atoms with van der Waals surface area (Å²) in [7, 11) is 3.93. The number of likely N-dealkylation sites (tertiary alicyclic amines) is 1. The molecular formula is C7H14N. The van der Waals surface area contributed by atoms with Crippen LogP contribution >= 0.6 is 0 Å². The van der Waals surface area contributed by atoms with Gasteiger partial charge in [0.25, 0.3) is 0 Å². The summed E-state index contributed by atoms with van der Waals surface area (Å²) < 4.78 is 0. The van der Waals surface area contributed by atoms with Crippen molar-refractivity contribution in [1.82, 2.24) is 4.90 Å². The Morgan fingerprint density at radius 2 is 1.62 bits per heavy atom. The predicted molar refractivity (Wildman–Crippen MR) is 35.4 cm³/mol. The third kappa shape index (κ3) is 0.873. The van der Waals surface area contributed by atoms with Crippen molar-refractivity contribution in [2.24, 2.45) is 0 Å². The molecule has 0 aliphatic carbocycles. The van der Waals surface area contributed by atoms with E-state index in [1.165, 1.54) is 12.8 Å². The van der Waals surface area contributed by atoms with Crippen LogP contribution in [-0.2, 0) is 0 Å². The van der Waals surface area contributed by atoms with Gasteiger partial charge in [-0.1, -0.05) is 0 Å². The zero-order valence-corrected chi connectivity index (χ0v) is 5.72. The Labute approximate surface area is 51.7 Å². The normalized spacial score (nSPS) is 40.9. The topological polar surface area (TPSA) is 3.24 Å². The number of hydrogen-bond acceptors (Lipinski definition) is 1. The SMILES string of the molecule is [CH2]N1C(C)CCC1C. The molecule has 0 aromatic carbocycles.